The van der Waals surface area contributed by atoms with Crippen LogP contribution in [-0.4, -0.2) is 55.0 Å². The Kier molecular flexibility index (Phi) is 8.03. The summed E-state index contributed by atoms with van der Waals surface area (Å²) < 4.78 is 5.18. The lowest BCUT2D eigenvalue weighted by Crippen LogP contribution is -2.47. The van der Waals surface area contributed by atoms with Crippen LogP contribution < -0.4 is 0 Å². The molecule has 0 radical (unpaired) electrons. The molecule has 0 fully saturated rings. The van der Waals surface area contributed by atoms with Crippen molar-refractivity contribution in [3.05, 3.63) is 92.1 Å². The maximum Gasteiger partial charge on any atom is 0.254 e. The van der Waals surface area contributed by atoms with Gasteiger partial charge >= 0.3 is 0 Å². The average molecular weight is 497 g/mol. The van der Waals surface area contributed by atoms with Crippen LogP contribution in [0, 0.1) is 6.92 Å². The lowest BCUT2D eigenvalue weighted by molar-refractivity contribution is -0.134. The normalized spacial score (nSPS) is 15.1. The van der Waals surface area contributed by atoms with Crippen LogP contribution in [0.2, 0.25) is 5.02 Å². The van der Waals surface area contributed by atoms with Gasteiger partial charge in [-0.05, 0) is 66.6 Å². The number of rotatable bonds is 8. The van der Waals surface area contributed by atoms with Gasteiger partial charge in [0.2, 0.25) is 5.91 Å². The van der Waals surface area contributed by atoms with Crippen LogP contribution >= 0.6 is 22.9 Å². The topological polar surface area (TPSA) is 49.9 Å². The molecule has 1 aliphatic rings. The van der Waals surface area contributed by atoms with E-state index in [1.807, 2.05) is 4.90 Å². The summed E-state index contributed by atoms with van der Waals surface area (Å²) in [5, 5.41) is 2.67. The number of fused-ring (bicyclic) bond motifs is 1. The van der Waals surface area contributed by atoms with E-state index in [1.54, 1.807) is 47.6 Å². The molecule has 2 aromatic carbocycles. The molecule has 0 bridgehead atoms. The predicted molar refractivity (Wildman–Crippen MR) is 137 cm³/mol. The number of benzene rings is 2. The van der Waals surface area contributed by atoms with E-state index in [-0.39, 0.29) is 24.4 Å². The van der Waals surface area contributed by atoms with E-state index in [4.69, 9.17) is 16.3 Å². The zero-order valence-electron chi connectivity index (χ0n) is 19.5. The van der Waals surface area contributed by atoms with Gasteiger partial charge in [-0.3, -0.25) is 9.59 Å². The number of hydrogen-bond donors (Lipinski definition) is 0. The number of methoxy groups -OCH3 is 1. The molecule has 1 atom stereocenters. The Morgan fingerprint density at radius 3 is 2.56 bits per heavy atom. The molecule has 2 amide bonds. The largest absolute Gasteiger partial charge is 0.385 e. The fraction of sp³-hybridized carbons (Fsp3) is 0.333. The van der Waals surface area contributed by atoms with E-state index in [2.05, 4.69) is 42.6 Å². The quantitative estimate of drug-likeness (QED) is 0.394. The second kappa shape index (κ2) is 11.2. The number of nitrogens with zero attached hydrogens (tertiary/aromatic N) is 2. The Morgan fingerprint density at radius 1 is 1.12 bits per heavy atom. The Labute approximate surface area is 209 Å². The molecule has 3 aromatic rings. The Balaban J connectivity index is 1.59. The summed E-state index contributed by atoms with van der Waals surface area (Å²) in [4.78, 5) is 31.9. The molecule has 34 heavy (non-hydrogen) atoms. The van der Waals surface area contributed by atoms with Crippen molar-refractivity contribution in [2.45, 2.75) is 25.8 Å². The van der Waals surface area contributed by atoms with Crippen LogP contribution in [0.25, 0.3) is 0 Å². The molecule has 0 saturated heterocycles. The van der Waals surface area contributed by atoms with E-state index >= 15 is 0 Å². The van der Waals surface area contributed by atoms with Crippen molar-refractivity contribution < 1.29 is 14.3 Å². The third-order valence-electron chi connectivity index (χ3n) is 6.16. The first kappa shape index (κ1) is 24.5. The highest BCUT2D eigenvalue weighted by molar-refractivity contribution is 7.10. The molecule has 4 rings (SSSR count). The molecule has 1 aromatic heterocycles. The minimum Gasteiger partial charge on any atom is -0.385 e. The van der Waals surface area contributed by atoms with E-state index in [9.17, 15) is 9.59 Å². The van der Waals surface area contributed by atoms with Crippen molar-refractivity contribution >= 4 is 34.8 Å². The Morgan fingerprint density at radius 2 is 1.85 bits per heavy atom. The highest BCUT2D eigenvalue weighted by Gasteiger charge is 2.34. The molecular formula is C27H29ClN2O3S. The summed E-state index contributed by atoms with van der Waals surface area (Å²) >= 11 is 7.74. The van der Waals surface area contributed by atoms with Crippen molar-refractivity contribution in [2.24, 2.45) is 0 Å². The zero-order chi connectivity index (χ0) is 24.1. The summed E-state index contributed by atoms with van der Waals surface area (Å²) in [6.07, 6.45) is 1.48. The number of carbonyl (C=O) groups excluding carboxylic acids is 2. The van der Waals surface area contributed by atoms with Crippen molar-refractivity contribution in [1.82, 2.24) is 9.80 Å². The van der Waals surface area contributed by atoms with Gasteiger partial charge in [0.1, 0.15) is 6.54 Å². The van der Waals surface area contributed by atoms with Crippen LogP contribution in [-0.2, 0) is 16.0 Å². The molecule has 1 unspecified atom stereocenters. The molecule has 0 aliphatic carbocycles. The van der Waals surface area contributed by atoms with Crippen LogP contribution in [0.5, 0.6) is 0 Å². The second-order valence-electron chi connectivity index (χ2n) is 8.53. The van der Waals surface area contributed by atoms with E-state index in [0.29, 0.717) is 36.7 Å². The van der Waals surface area contributed by atoms with Gasteiger partial charge in [0, 0.05) is 42.3 Å². The summed E-state index contributed by atoms with van der Waals surface area (Å²) in [5.41, 5.74) is 3.97. The van der Waals surface area contributed by atoms with E-state index in [1.165, 1.54) is 16.0 Å². The molecule has 0 spiro atoms. The average Bonchev–Trinajstić information content (AvgIpc) is 3.32. The molecule has 0 N–H and O–H groups in total. The van der Waals surface area contributed by atoms with Gasteiger partial charge in [0.25, 0.3) is 5.91 Å². The number of halogens is 1. The molecule has 0 saturated carbocycles. The van der Waals surface area contributed by atoms with Crippen molar-refractivity contribution in [3.8, 4) is 0 Å². The minimum absolute atomic E-state index is 0.0208. The number of ether oxygens (including phenoxy) is 1. The van der Waals surface area contributed by atoms with Gasteiger partial charge in [0.05, 0.1) is 6.04 Å². The number of hydrogen-bond acceptors (Lipinski definition) is 4. The minimum atomic E-state index is -0.179. The summed E-state index contributed by atoms with van der Waals surface area (Å²) in [7, 11) is 1.63. The highest BCUT2D eigenvalue weighted by atomic mass is 35.5. The molecule has 5 nitrogen and oxygen atoms in total. The number of amides is 2. The van der Waals surface area contributed by atoms with Crippen LogP contribution in [0.1, 0.15) is 44.4 Å². The van der Waals surface area contributed by atoms with Crippen molar-refractivity contribution in [2.75, 3.05) is 33.4 Å². The Bertz CT molecular complexity index is 1130. The maximum absolute atomic E-state index is 13.7. The van der Waals surface area contributed by atoms with Crippen LogP contribution in [0.4, 0.5) is 0 Å². The number of carbonyl (C=O) groups is 2. The fourth-order valence-electron chi connectivity index (χ4n) is 4.37. The SMILES string of the molecule is COCCCN(CC(=O)N1CCc2sccc2C1c1ccc(C)cc1)C(=O)c1ccc(Cl)cc1. The van der Waals surface area contributed by atoms with Crippen LogP contribution in [0.15, 0.2) is 60.0 Å². The highest BCUT2D eigenvalue weighted by Crippen LogP contribution is 2.38. The monoisotopic (exact) mass is 496 g/mol. The van der Waals surface area contributed by atoms with Crippen molar-refractivity contribution in [1.29, 1.82) is 0 Å². The second-order valence-corrected chi connectivity index (χ2v) is 9.97. The van der Waals surface area contributed by atoms with Crippen LogP contribution in [0.3, 0.4) is 0 Å². The smallest absolute Gasteiger partial charge is 0.254 e. The molecule has 178 valence electrons. The Hall–Kier alpha value is -2.67. The van der Waals surface area contributed by atoms with E-state index in [0.717, 1.165) is 12.0 Å². The van der Waals surface area contributed by atoms with E-state index < -0.39 is 0 Å². The lowest BCUT2D eigenvalue weighted by Gasteiger charge is -2.37. The van der Waals surface area contributed by atoms with Gasteiger partial charge in [-0.15, -0.1) is 11.3 Å². The standard InChI is InChI=1S/C27H29ClN2O3S/c1-19-4-6-20(7-5-19)26-23-13-17-34-24(23)12-15-30(26)25(31)18-29(14-3-16-33-2)27(32)21-8-10-22(28)11-9-21/h4-11,13,17,26H,3,12,14-16,18H2,1-2H3. The molecular weight excluding hydrogens is 468 g/mol. The van der Waals surface area contributed by atoms with Crippen molar-refractivity contribution in [3.63, 3.8) is 0 Å². The fourth-order valence-corrected chi connectivity index (χ4v) is 5.40. The van der Waals surface area contributed by atoms with Gasteiger partial charge in [-0.2, -0.15) is 0 Å². The molecule has 2 heterocycles. The lowest BCUT2D eigenvalue weighted by atomic mass is 9.92. The summed E-state index contributed by atoms with van der Waals surface area (Å²) in [6.45, 7) is 3.67. The van der Waals surface area contributed by atoms with Gasteiger partial charge in [-0.25, -0.2) is 0 Å². The number of thiophene rings is 1. The molecule has 1 aliphatic heterocycles. The first-order valence-corrected chi connectivity index (χ1v) is 12.7. The first-order chi connectivity index (χ1) is 16.5. The first-order valence-electron chi connectivity index (χ1n) is 11.4. The van der Waals surface area contributed by atoms with Gasteiger partial charge in [0.15, 0.2) is 0 Å². The zero-order valence-corrected chi connectivity index (χ0v) is 21.1. The third-order valence-corrected chi connectivity index (χ3v) is 7.41. The van der Waals surface area contributed by atoms with Gasteiger partial charge < -0.3 is 14.5 Å². The predicted octanol–water partition coefficient (Wildman–Crippen LogP) is 5.36. The van der Waals surface area contributed by atoms with Gasteiger partial charge in [-0.1, -0.05) is 41.4 Å². The maximum atomic E-state index is 13.7. The molecule has 7 heteroatoms. The number of aryl methyl sites for hydroxylation is 1. The summed E-state index contributed by atoms with van der Waals surface area (Å²) in [6, 6.07) is 17.1. The summed E-state index contributed by atoms with van der Waals surface area (Å²) in [5.74, 6) is -0.233. The third kappa shape index (κ3) is 5.52.